The van der Waals surface area contributed by atoms with E-state index in [0.717, 1.165) is 51.6 Å². The van der Waals surface area contributed by atoms with Gasteiger partial charge in [0.15, 0.2) is 0 Å². The molecule has 0 aromatic heterocycles. The maximum absolute atomic E-state index is 12.1. The molecule has 1 saturated carbocycles. The van der Waals surface area contributed by atoms with Crippen molar-refractivity contribution >= 4 is 28.3 Å². The van der Waals surface area contributed by atoms with Gasteiger partial charge in [0.1, 0.15) is 5.75 Å². The molecule has 1 aliphatic heterocycles. The second-order valence-corrected chi connectivity index (χ2v) is 9.42. The van der Waals surface area contributed by atoms with E-state index >= 15 is 0 Å². The average molecular weight is 382 g/mol. The third-order valence-corrected chi connectivity index (χ3v) is 6.54. The minimum Gasteiger partial charge on any atom is -0.355 e. The summed E-state index contributed by atoms with van der Waals surface area (Å²) in [6.07, 6.45) is 5.83. The maximum Gasteiger partial charge on any atom is 0.236 e. The Hall–Kier alpha value is -0.370. The molecule has 0 bridgehead atoms. The van der Waals surface area contributed by atoms with Gasteiger partial charge in [0, 0.05) is 12.6 Å². The monoisotopic (exact) mass is 381 g/mol. The van der Waals surface area contributed by atoms with Gasteiger partial charge in [0.05, 0.1) is 0 Å². The van der Waals surface area contributed by atoms with Gasteiger partial charge in [-0.15, -0.1) is 12.4 Å². The number of hydrogen-bond acceptors (Lipinski definition) is 4. The third kappa shape index (κ3) is 7.25. The predicted molar refractivity (Wildman–Crippen MR) is 98.8 cm³/mol. The fraction of sp³-hybridized carbons (Fsp3) is 0.938. The summed E-state index contributed by atoms with van der Waals surface area (Å²) < 4.78 is 27.0. The van der Waals surface area contributed by atoms with E-state index in [-0.39, 0.29) is 23.9 Å². The largest absolute Gasteiger partial charge is 0.355 e. The summed E-state index contributed by atoms with van der Waals surface area (Å²) in [5, 5.41) is 6.10. The summed E-state index contributed by atoms with van der Waals surface area (Å²) in [5.41, 5.74) is 0.0671. The fourth-order valence-corrected chi connectivity index (χ4v) is 4.69. The molecule has 8 heteroatoms. The molecule has 2 fully saturated rings. The van der Waals surface area contributed by atoms with Crippen molar-refractivity contribution in [3.8, 4) is 0 Å². The molecule has 1 amide bonds. The fourth-order valence-electron chi connectivity index (χ4n) is 3.42. The molecule has 1 heterocycles. The minimum atomic E-state index is -3.55. The van der Waals surface area contributed by atoms with E-state index in [1.165, 1.54) is 0 Å². The lowest BCUT2D eigenvalue weighted by Gasteiger charge is -2.34. The number of carbonyl (C=O) groups excluding carboxylic acids is 1. The van der Waals surface area contributed by atoms with Gasteiger partial charge in [-0.25, -0.2) is 13.1 Å². The first-order valence-electron chi connectivity index (χ1n) is 8.75. The van der Waals surface area contributed by atoms with Crippen LogP contribution in [0.2, 0.25) is 0 Å². The van der Waals surface area contributed by atoms with Crippen molar-refractivity contribution in [2.45, 2.75) is 58.4 Å². The zero-order valence-electron chi connectivity index (χ0n) is 14.8. The van der Waals surface area contributed by atoms with Crippen LogP contribution in [0.15, 0.2) is 0 Å². The van der Waals surface area contributed by atoms with Gasteiger partial charge in [-0.1, -0.05) is 13.8 Å². The quantitative estimate of drug-likeness (QED) is 0.649. The highest BCUT2D eigenvalue weighted by molar-refractivity contribution is 7.90. The van der Waals surface area contributed by atoms with Gasteiger partial charge in [-0.05, 0) is 62.9 Å². The standard InChI is InChI=1S/C16H31N3O3S.ClH/c1-13-3-5-14(6-4-13)19-23(21,22)11-15(20)18-12-16(2)7-9-17-10-8-16;/h13-14,17,19H,3-12H2,1-2H3,(H,18,20);1H. The Morgan fingerprint density at radius 3 is 2.33 bits per heavy atom. The number of amides is 1. The van der Waals surface area contributed by atoms with Crippen molar-refractivity contribution in [1.82, 2.24) is 15.4 Å². The normalized spacial score (nSPS) is 27.1. The Morgan fingerprint density at radius 1 is 1.17 bits per heavy atom. The van der Waals surface area contributed by atoms with E-state index in [9.17, 15) is 13.2 Å². The number of hydrogen-bond donors (Lipinski definition) is 3. The van der Waals surface area contributed by atoms with E-state index in [0.29, 0.717) is 12.5 Å². The van der Waals surface area contributed by atoms with Gasteiger partial charge in [-0.2, -0.15) is 0 Å². The molecule has 0 radical (unpaired) electrons. The predicted octanol–water partition coefficient (Wildman–Crippen LogP) is 1.41. The van der Waals surface area contributed by atoms with Crippen molar-refractivity contribution in [3.05, 3.63) is 0 Å². The molecular weight excluding hydrogens is 350 g/mol. The van der Waals surface area contributed by atoms with Crippen LogP contribution < -0.4 is 15.4 Å². The van der Waals surface area contributed by atoms with Crippen molar-refractivity contribution in [3.63, 3.8) is 0 Å². The zero-order valence-corrected chi connectivity index (χ0v) is 16.4. The summed E-state index contributed by atoms with van der Waals surface area (Å²) in [5.74, 6) is -0.195. The van der Waals surface area contributed by atoms with Crippen molar-refractivity contribution < 1.29 is 13.2 Å². The molecular formula is C16H32ClN3O3S. The van der Waals surface area contributed by atoms with Crippen LogP contribution in [-0.4, -0.2) is 45.8 Å². The summed E-state index contributed by atoms with van der Waals surface area (Å²) in [6.45, 7) is 6.78. The van der Waals surface area contributed by atoms with Crippen LogP contribution in [0.25, 0.3) is 0 Å². The molecule has 0 unspecified atom stereocenters. The molecule has 1 saturated heterocycles. The molecule has 3 N–H and O–H groups in total. The molecule has 2 aliphatic rings. The van der Waals surface area contributed by atoms with Crippen LogP contribution in [0.4, 0.5) is 0 Å². The minimum absolute atomic E-state index is 0. The lowest BCUT2D eigenvalue weighted by atomic mass is 9.81. The average Bonchev–Trinajstić information content (AvgIpc) is 2.48. The Labute approximate surface area is 152 Å². The molecule has 1 aliphatic carbocycles. The maximum atomic E-state index is 12.1. The molecule has 0 aromatic rings. The van der Waals surface area contributed by atoms with Crippen LogP contribution in [0, 0.1) is 11.3 Å². The van der Waals surface area contributed by atoms with E-state index in [4.69, 9.17) is 0 Å². The van der Waals surface area contributed by atoms with Gasteiger partial charge in [0.25, 0.3) is 0 Å². The number of rotatable bonds is 6. The van der Waals surface area contributed by atoms with Crippen LogP contribution in [0.3, 0.4) is 0 Å². The number of nitrogens with one attached hydrogen (secondary N) is 3. The van der Waals surface area contributed by atoms with Gasteiger partial charge in [-0.3, -0.25) is 4.79 Å². The van der Waals surface area contributed by atoms with E-state index in [1.54, 1.807) is 0 Å². The number of piperidine rings is 1. The lowest BCUT2D eigenvalue weighted by molar-refractivity contribution is -0.119. The van der Waals surface area contributed by atoms with Gasteiger partial charge in [0.2, 0.25) is 15.9 Å². The van der Waals surface area contributed by atoms with Crippen molar-refractivity contribution in [1.29, 1.82) is 0 Å². The molecule has 2 rings (SSSR count). The Kier molecular flexibility index (Phi) is 8.45. The summed E-state index contributed by atoms with van der Waals surface area (Å²) in [6, 6.07) is -0.00839. The van der Waals surface area contributed by atoms with Gasteiger partial charge < -0.3 is 10.6 Å². The van der Waals surface area contributed by atoms with Crippen molar-refractivity contribution in [2.24, 2.45) is 11.3 Å². The molecule has 6 nitrogen and oxygen atoms in total. The molecule has 0 spiro atoms. The SMILES string of the molecule is CC1CCC(NS(=O)(=O)CC(=O)NCC2(C)CCNCC2)CC1.Cl. The molecule has 142 valence electrons. The smallest absolute Gasteiger partial charge is 0.236 e. The summed E-state index contributed by atoms with van der Waals surface area (Å²) >= 11 is 0. The van der Waals surface area contributed by atoms with Crippen LogP contribution >= 0.6 is 12.4 Å². The summed E-state index contributed by atoms with van der Waals surface area (Å²) in [7, 11) is -3.55. The Bertz CT molecular complexity index is 499. The van der Waals surface area contributed by atoms with Crippen LogP contribution in [0.1, 0.15) is 52.4 Å². The zero-order chi connectivity index (χ0) is 16.9. The number of carbonyl (C=O) groups is 1. The van der Waals surface area contributed by atoms with E-state index in [1.807, 2.05) is 0 Å². The Morgan fingerprint density at radius 2 is 1.75 bits per heavy atom. The Balaban J connectivity index is 0.00000288. The number of halogens is 1. The first-order valence-corrected chi connectivity index (χ1v) is 10.4. The molecule has 0 atom stereocenters. The highest BCUT2D eigenvalue weighted by Gasteiger charge is 2.29. The molecule has 0 aromatic carbocycles. The highest BCUT2D eigenvalue weighted by atomic mass is 35.5. The first-order chi connectivity index (χ1) is 10.8. The second kappa shape index (κ2) is 9.36. The highest BCUT2D eigenvalue weighted by Crippen LogP contribution is 2.26. The lowest BCUT2D eigenvalue weighted by Crippen LogP contribution is -2.46. The van der Waals surface area contributed by atoms with E-state index in [2.05, 4.69) is 29.2 Å². The van der Waals surface area contributed by atoms with Gasteiger partial charge >= 0.3 is 0 Å². The second-order valence-electron chi connectivity index (χ2n) is 7.67. The van der Waals surface area contributed by atoms with Crippen LogP contribution in [0.5, 0.6) is 0 Å². The topological polar surface area (TPSA) is 87.3 Å². The van der Waals surface area contributed by atoms with E-state index < -0.39 is 21.7 Å². The summed E-state index contributed by atoms with van der Waals surface area (Å²) in [4.78, 5) is 12.0. The number of sulfonamides is 1. The first kappa shape index (κ1) is 21.7. The van der Waals surface area contributed by atoms with Crippen LogP contribution in [-0.2, 0) is 14.8 Å². The van der Waals surface area contributed by atoms with Crippen molar-refractivity contribution in [2.75, 3.05) is 25.4 Å². The third-order valence-electron chi connectivity index (χ3n) is 5.21. The molecule has 24 heavy (non-hydrogen) atoms.